The smallest absolute Gasteiger partial charge is 0.269 e. The maximum atomic E-state index is 10.9. The molecule has 12 heteroatoms. The minimum atomic E-state index is -0.529. The van der Waals surface area contributed by atoms with E-state index in [2.05, 4.69) is 0 Å². The third-order valence-electron chi connectivity index (χ3n) is 4.70. The van der Waals surface area contributed by atoms with Crippen molar-refractivity contribution < 1.29 is 29.0 Å². The van der Waals surface area contributed by atoms with Crippen LogP contribution in [0.5, 0.6) is 34.5 Å². The third-order valence-corrected chi connectivity index (χ3v) is 4.70. The fraction of sp³-hybridized carbons (Fsp3) is 0. The summed E-state index contributed by atoms with van der Waals surface area (Å²) in [7, 11) is 0. The Morgan fingerprint density at radius 1 is 0.389 bits per heavy atom. The van der Waals surface area contributed by atoms with E-state index < -0.39 is 14.8 Å². The zero-order chi connectivity index (χ0) is 25.7. The number of hydrogen-bond acceptors (Lipinski definition) is 9. The van der Waals surface area contributed by atoms with E-state index in [9.17, 15) is 30.3 Å². The lowest BCUT2D eigenvalue weighted by Crippen LogP contribution is -1.92. The zero-order valence-electron chi connectivity index (χ0n) is 18.2. The van der Waals surface area contributed by atoms with Crippen molar-refractivity contribution in [1.82, 2.24) is 0 Å². The predicted octanol–water partition coefficient (Wildman–Crippen LogP) is 6.79. The molecule has 0 bridgehead atoms. The zero-order valence-corrected chi connectivity index (χ0v) is 18.2. The summed E-state index contributed by atoms with van der Waals surface area (Å²) in [6.07, 6.45) is 0. The van der Waals surface area contributed by atoms with Crippen LogP contribution < -0.4 is 14.2 Å². The van der Waals surface area contributed by atoms with Crippen LogP contribution in [0.4, 0.5) is 17.1 Å². The summed E-state index contributed by atoms with van der Waals surface area (Å²) in [5.41, 5.74) is -0.292. The predicted molar refractivity (Wildman–Crippen MR) is 126 cm³/mol. The van der Waals surface area contributed by atoms with Gasteiger partial charge in [-0.3, -0.25) is 30.3 Å². The molecule has 0 aliphatic rings. The van der Waals surface area contributed by atoms with E-state index in [4.69, 9.17) is 14.2 Å². The van der Waals surface area contributed by atoms with Crippen LogP contribution in [0.15, 0.2) is 91.0 Å². The fourth-order valence-electron chi connectivity index (χ4n) is 3.04. The molecule has 4 aromatic carbocycles. The van der Waals surface area contributed by atoms with E-state index >= 15 is 0 Å². The summed E-state index contributed by atoms with van der Waals surface area (Å²) in [6, 6.07) is 20.9. The minimum absolute atomic E-state index is 0.0974. The topological polar surface area (TPSA) is 157 Å². The van der Waals surface area contributed by atoms with Crippen molar-refractivity contribution in [2.24, 2.45) is 0 Å². The second-order valence-electron chi connectivity index (χ2n) is 7.20. The highest BCUT2D eigenvalue weighted by molar-refractivity contribution is 5.49. The molecule has 0 N–H and O–H groups in total. The number of rotatable bonds is 9. The first-order valence-corrected chi connectivity index (χ1v) is 10.2. The third kappa shape index (κ3) is 5.88. The van der Waals surface area contributed by atoms with Crippen molar-refractivity contribution in [1.29, 1.82) is 0 Å². The average Bonchev–Trinajstić information content (AvgIpc) is 2.85. The van der Waals surface area contributed by atoms with Crippen LogP contribution in [0.25, 0.3) is 0 Å². The second kappa shape index (κ2) is 10.2. The number of non-ortho nitro benzene ring substituents is 3. The van der Waals surface area contributed by atoms with Crippen molar-refractivity contribution in [3.8, 4) is 34.5 Å². The molecular formula is C24H15N3O9. The lowest BCUT2D eigenvalue weighted by atomic mass is 10.2. The fourth-order valence-corrected chi connectivity index (χ4v) is 3.04. The average molecular weight is 489 g/mol. The van der Waals surface area contributed by atoms with E-state index in [1.165, 1.54) is 91.0 Å². The first-order chi connectivity index (χ1) is 17.3. The Labute approximate surface area is 202 Å². The minimum Gasteiger partial charge on any atom is -0.457 e. The van der Waals surface area contributed by atoms with E-state index in [0.717, 1.165) is 0 Å². The molecule has 180 valence electrons. The Hall–Kier alpha value is -5.52. The first-order valence-electron chi connectivity index (χ1n) is 10.2. The summed E-state index contributed by atoms with van der Waals surface area (Å²) in [6.45, 7) is 0. The summed E-state index contributed by atoms with van der Waals surface area (Å²) in [5, 5.41) is 32.6. The van der Waals surface area contributed by atoms with E-state index in [1.807, 2.05) is 0 Å². The first kappa shape index (κ1) is 23.6. The molecule has 0 unspecified atom stereocenters. The Bertz CT molecular complexity index is 1230. The molecule has 4 rings (SSSR count). The van der Waals surface area contributed by atoms with Crippen molar-refractivity contribution >= 4 is 17.1 Å². The van der Waals surface area contributed by atoms with Gasteiger partial charge in [-0.1, -0.05) is 0 Å². The molecule has 36 heavy (non-hydrogen) atoms. The highest BCUT2D eigenvalue weighted by Gasteiger charge is 2.12. The monoisotopic (exact) mass is 489 g/mol. The summed E-state index contributed by atoms with van der Waals surface area (Å²) >= 11 is 0. The van der Waals surface area contributed by atoms with Crippen molar-refractivity contribution in [3.63, 3.8) is 0 Å². The lowest BCUT2D eigenvalue weighted by Gasteiger charge is -2.13. The molecule has 0 aliphatic carbocycles. The van der Waals surface area contributed by atoms with Crippen molar-refractivity contribution in [2.75, 3.05) is 0 Å². The molecule has 0 saturated carbocycles. The van der Waals surface area contributed by atoms with E-state index in [0.29, 0.717) is 17.2 Å². The van der Waals surface area contributed by atoms with Crippen LogP contribution in [0.3, 0.4) is 0 Å². The van der Waals surface area contributed by atoms with Crippen LogP contribution in [0.2, 0.25) is 0 Å². The standard InChI is InChI=1S/C24H15N3O9/c28-25(29)16-1-7-19(8-2-16)34-22-13-23(35-20-9-3-17(4-10-20)26(30)31)15-24(14-22)36-21-11-5-18(6-12-21)27(32)33/h1-15H. The molecule has 0 spiro atoms. The Balaban J connectivity index is 1.62. The second-order valence-corrected chi connectivity index (χ2v) is 7.20. The number of nitrogens with zero attached hydrogens (tertiary/aromatic N) is 3. The number of hydrogen-bond donors (Lipinski definition) is 0. The van der Waals surface area contributed by atoms with Gasteiger partial charge in [0.15, 0.2) is 0 Å². The van der Waals surface area contributed by atoms with Crippen LogP contribution in [-0.2, 0) is 0 Å². The maximum absolute atomic E-state index is 10.9. The number of nitro benzene ring substituents is 3. The molecule has 12 nitrogen and oxygen atoms in total. The quantitative estimate of drug-likeness (QED) is 0.182. The molecule has 0 aromatic heterocycles. The largest absolute Gasteiger partial charge is 0.457 e. The van der Waals surface area contributed by atoms with Gasteiger partial charge >= 0.3 is 0 Å². The molecule has 0 atom stereocenters. The van der Waals surface area contributed by atoms with Gasteiger partial charge in [-0.25, -0.2) is 0 Å². The van der Waals surface area contributed by atoms with Crippen LogP contribution in [-0.4, -0.2) is 14.8 Å². The van der Waals surface area contributed by atoms with Crippen molar-refractivity contribution in [3.05, 3.63) is 121 Å². The van der Waals surface area contributed by atoms with Crippen LogP contribution in [0, 0.1) is 30.3 Å². The van der Waals surface area contributed by atoms with E-state index in [1.54, 1.807) is 0 Å². The van der Waals surface area contributed by atoms with Gasteiger partial charge in [-0.15, -0.1) is 0 Å². The highest BCUT2D eigenvalue weighted by atomic mass is 16.6. The van der Waals surface area contributed by atoms with Gasteiger partial charge in [0.2, 0.25) is 0 Å². The Morgan fingerprint density at radius 3 is 0.806 bits per heavy atom. The number of nitro groups is 3. The summed E-state index contributed by atoms with van der Waals surface area (Å²) in [5.74, 6) is 1.73. The SMILES string of the molecule is O=[N+]([O-])c1ccc(Oc2cc(Oc3ccc([N+](=O)[O-])cc3)cc(Oc3ccc([N+](=O)[O-])cc3)c2)cc1. The molecule has 0 heterocycles. The number of ether oxygens (including phenoxy) is 3. The van der Waals surface area contributed by atoms with Gasteiger partial charge < -0.3 is 14.2 Å². The molecule has 0 radical (unpaired) electrons. The van der Waals surface area contributed by atoms with E-state index in [-0.39, 0.29) is 34.3 Å². The van der Waals surface area contributed by atoms with Crippen molar-refractivity contribution in [2.45, 2.75) is 0 Å². The molecule has 0 saturated heterocycles. The molecular weight excluding hydrogens is 474 g/mol. The Morgan fingerprint density at radius 2 is 0.611 bits per heavy atom. The number of benzene rings is 4. The molecule has 4 aromatic rings. The Kier molecular flexibility index (Phi) is 6.68. The van der Waals surface area contributed by atoms with Gasteiger partial charge in [0.05, 0.1) is 14.8 Å². The van der Waals surface area contributed by atoms with Crippen LogP contribution >= 0.6 is 0 Å². The van der Waals surface area contributed by atoms with Gasteiger partial charge in [0.25, 0.3) is 17.1 Å². The maximum Gasteiger partial charge on any atom is 0.269 e. The molecule has 0 aliphatic heterocycles. The normalized spacial score (nSPS) is 10.3. The van der Waals surface area contributed by atoms with Crippen LogP contribution in [0.1, 0.15) is 0 Å². The van der Waals surface area contributed by atoms with Gasteiger partial charge in [-0.2, -0.15) is 0 Å². The lowest BCUT2D eigenvalue weighted by molar-refractivity contribution is -0.385. The summed E-state index contributed by atoms with van der Waals surface area (Å²) in [4.78, 5) is 31.1. The van der Waals surface area contributed by atoms with Gasteiger partial charge in [0.1, 0.15) is 34.5 Å². The van der Waals surface area contributed by atoms with Gasteiger partial charge in [-0.05, 0) is 36.4 Å². The highest BCUT2D eigenvalue weighted by Crippen LogP contribution is 2.36. The molecule has 0 amide bonds. The molecule has 0 fully saturated rings. The van der Waals surface area contributed by atoms with Gasteiger partial charge in [0, 0.05) is 54.6 Å². The summed E-state index contributed by atoms with van der Waals surface area (Å²) < 4.78 is 17.4.